The van der Waals surface area contributed by atoms with Crippen LogP contribution in [-0.4, -0.2) is 16.7 Å². The largest absolute Gasteiger partial charge is 0.330 e. The minimum absolute atomic E-state index is 0.683. The zero-order valence-corrected chi connectivity index (χ0v) is 10.4. The Kier molecular flexibility index (Phi) is 2.94. The van der Waals surface area contributed by atoms with Crippen molar-refractivity contribution in [3.05, 3.63) is 10.0 Å². The first-order valence-corrected chi connectivity index (χ1v) is 7.18. The maximum absolute atomic E-state index is 5.52. The zero-order valence-electron chi connectivity index (χ0n) is 9.56. The van der Waals surface area contributed by atoms with Gasteiger partial charge in [0.1, 0.15) is 10.0 Å². The average Bonchev–Trinajstić information content (AvgIpc) is 2.95. The average molecular weight is 237 g/mol. The molecule has 4 heteroatoms. The van der Waals surface area contributed by atoms with Crippen molar-refractivity contribution in [2.75, 3.05) is 6.54 Å². The Morgan fingerprint density at radius 3 is 2.75 bits per heavy atom. The summed E-state index contributed by atoms with van der Waals surface area (Å²) in [5.41, 5.74) is 5.52. The highest BCUT2D eigenvalue weighted by Crippen LogP contribution is 2.49. The molecule has 3 atom stereocenters. The number of nitrogens with two attached hydrogens (primary N) is 1. The molecule has 0 spiro atoms. The molecule has 2 aliphatic rings. The first-order chi connectivity index (χ1) is 7.85. The molecule has 2 N–H and O–H groups in total. The molecule has 0 radical (unpaired) electrons. The SMILES string of the molecule is NCCc1nnc(CC2CC3CCC2C3)s1. The lowest BCUT2D eigenvalue weighted by Crippen LogP contribution is -2.12. The number of hydrogen-bond donors (Lipinski definition) is 1. The second-order valence-electron chi connectivity index (χ2n) is 5.27. The summed E-state index contributed by atoms with van der Waals surface area (Å²) in [5.74, 6) is 2.93. The van der Waals surface area contributed by atoms with E-state index in [0.717, 1.165) is 29.2 Å². The maximum Gasteiger partial charge on any atom is 0.118 e. The molecule has 3 rings (SSSR count). The normalized spacial score (nSPS) is 32.4. The third-order valence-corrected chi connectivity index (χ3v) is 5.19. The van der Waals surface area contributed by atoms with E-state index in [1.807, 2.05) is 0 Å². The van der Waals surface area contributed by atoms with Gasteiger partial charge in [0.05, 0.1) is 0 Å². The second-order valence-corrected chi connectivity index (χ2v) is 6.41. The van der Waals surface area contributed by atoms with Gasteiger partial charge in [-0.2, -0.15) is 0 Å². The molecule has 2 aliphatic carbocycles. The van der Waals surface area contributed by atoms with E-state index in [4.69, 9.17) is 5.73 Å². The van der Waals surface area contributed by atoms with Crippen LogP contribution < -0.4 is 5.73 Å². The summed E-state index contributed by atoms with van der Waals surface area (Å²) in [5, 5.41) is 10.8. The minimum Gasteiger partial charge on any atom is -0.330 e. The van der Waals surface area contributed by atoms with Crippen LogP contribution in [0.3, 0.4) is 0 Å². The van der Waals surface area contributed by atoms with Gasteiger partial charge in [-0.1, -0.05) is 6.42 Å². The molecule has 1 aromatic rings. The number of fused-ring (bicyclic) bond motifs is 2. The lowest BCUT2D eigenvalue weighted by Gasteiger charge is -2.19. The van der Waals surface area contributed by atoms with E-state index in [1.165, 1.54) is 37.1 Å². The van der Waals surface area contributed by atoms with Gasteiger partial charge in [-0.05, 0) is 43.6 Å². The maximum atomic E-state index is 5.52. The highest BCUT2D eigenvalue weighted by Gasteiger charge is 2.39. The second kappa shape index (κ2) is 4.41. The fourth-order valence-corrected chi connectivity index (χ4v) is 4.40. The molecule has 1 aromatic heterocycles. The molecule has 88 valence electrons. The number of aromatic nitrogens is 2. The predicted molar refractivity (Wildman–Crippen MR) is 65.3 cm³/mol. The topological polar surface area (TPSA) is 51.8 Å². The standard InChI is InChI=1S/C12H19N3S/c13-4-3-11-14-15-12(16-11)7-10-6-8-1-2-9(10)5-8/h8-10H,1-7,13H2. The molecular weight excluding hydrogens is 218 g/mol. The van der Waals surface area contributed by atoms with Gasteiger partial charge in [0.25, 0.3) is 0 Å². The molecule has 0 aliphatic heterocycles. The van der Waals surface area contributed by atoms with Gasteiger partial charge in [-0.25, -0.2) is 0 Å². The molecule has 3 nitrogen and oxygen atoms in total. The minimum atomic E-state index is 0.683. The van der Waals surface area contributed by atoms with Crippen molar-refractivity contribution in [3.8, 4) is 0 Å². The van der Waals surface area contributed by atoms with Crippen molar-refractivity contribution in [2.24, 2.45) is 23.5 Å². The lowest BCUT2D eigenvalue weighted by atomic mass is 9.87. The number of nitrogens with zero attached hydrogens (tertiary/aromatic N) is 2. The lowest BCUT2D eigenvalue weighted by molar-refractivity contribution is 0.331. The van der Waals surface area contributed by atoms with Crippen molar-refractivity contribution in [1.82, 2.24) is 10.2 Å². The molecule has 0 amide bonds. The quantitative estimate of drug-likeness (QED) is 0.871. The first kappa shape index (κ1) is 10.7. The van der Waals surface area contributed by atoms with Gasteiger partial charge in [-0.15, -0.1) is 21.5 Å². The molecule has 0 saturated heterocycles. The molecule has 0 aromatic carbocycles. The fourth-order valence-electron chi connectivity index (χ4n) is 3.45. The Labute approximate surface area is 100 Å². The van der Waals surface area contributed by atoms with Crippen LogP contribution in [0.5, 0.6) is 0 Å². The number of hydrogen-bond acceptors (Lipinski definition) is 4. The Morgan fingerprint density at radius 1 is 1.19 bits per heavy atom. The summed E-state index contributed by atoms with van der Waals surface area (Å²) in [4.78, 5) is 0. The van der Waals surface area contributed by atoms with E-state index < -0.39 is 0 Å². The summed E-state index contributed by atoms with van der Waals surface area (Å²) >= 11 is 1.77. The van der Waals surface area contributed by atoms with Crippen molar-refractivity contribution in [1.29, 1.82) is 0 Å². The Balaban J connectivity index is 1.61. The van der Waals surface area contributed by atoms with Crippen molar-refractivity contribution >= 4 is 11.3 Å². The third kappa shape index (κ3) is 2.00. The van der Waals surface area contributed by atoms with Crippen LogP contribution in [0.1, 0.15) is 35.7 Å². The van der Waals surface area contributed by atoms with Crippen molar-refractivity contribution < 1.29 is 0 Å². The Morgan fingerprint density at radius 2 is 2.06 bits per heavy atom. The molecule has 2 saturated carbocycles. The molecule has 2 bridgehead atoms. The van der Waals surface area contributed by atoms with E-state index in [0.29, 0.717) is 6.54 Å². The summed E-state index contributed by atoms with van der Waals surface area (Å²) < 4.78 is 0. The van der Waals surface area contributed by atoms with Crippen LogP contribution in [0.2, 0.25) is 0 Å². The van der Waals surface area contributed by atoms with E-state index in [-0.39, 0.29) is 0 Å². The third-order valence-electron chi connectivity index (χ3n) is 4.19. The van der Waals surface area contributed by atoms with Crippen LogP contribution in [0.25, 0.3) is 0 Å². The van der Waals surface area contributed by atoms with E-state index in [9.17, 15) is 0 Å². The summed E-state index contributed by atoms with van der Waals surface area (Å²) in [6.45, 7) is 0.683. The highest BCUT2D eigenvalue weighted by atomic mass is 32.1. The van der Waals surface area contributed by atoms with E-state index in [2.05, 4.69) is 10.2 Å². The van der Waals surface area contributed by atoms with E-state index in [1.54, 1.807) is 11.3 Å². The Hall–Kier alpha value is -0.480. The van der Waals surface area contributed by atoms with Crippen LogP contribution in [0, 0.1) is 17.8 Å². The zero-order chi connectivity index (χ0) is 11.0. The van der Waals surface area contributed by atoms with Gasteiger partial charge in [0, 0.05) is 12.8 Å². The predicted octanol–water partition coefficient (Wildman–Crippen LogP) is 2.02. The van der Waals surface area contributed by atoms with Gasteiger partial charge < -0.3 is 5.73 Å². The molecule has 2 fully saturated rings. The highest BCUT2D eigenvalue weighted by molar-refractivity contribution is 7.11. The molecule has 1 heterocycles. The van der Waals surface area contributed by atoms with Crippen LogP contribution in [0.15, 0.2) is 0 Å². The molecular formula is C12H19N3S. The van der Waals surface area contributed by atoms with Crippen molar-refractivity contribution in [3.63, 3.8) is 0 Å². The Bertz CT molecular complexity index is 363. The van der Waals surface area contributed by atoms with Gasteiger partial charge >= 0.3 is 0 Å². The first-order valence-electron chi connectivity index (χ1n) is 6.36. The van der Waals surface area contributed by atoms with E-state index >= 15 is 0 Å². The van der Waals surface area contributed by atoms with Gasteiger partial charge in [0.15, 0.2) is 0 Å². The van der Waals surface area contributed by atoms with Crippen LogP contribution in [0.4, 0.5) is 0 Å². The monoisotopic (exact) mass is 237 g/mol. The summed E-state index contributed by atoms with van der Waals surface area (Å²) in [6, 6.07) is 0. The number of rotatable bonds is 4. The molecule has 16 heavy (non-hydrogen) atoms. The van der Waals surface area contributed by atoms with Crippen molar-refractivity contribution in [2.45, 2.75) is 38.5 Å². The molecule has 3 unspecified atom stereocenters. The fraction of sp³-hybridized carbons (Fsp3) is 0.833. The van der Waals surface area contributed by atoms with Gasteiger partial charge in [0.2, 0.25) is 0 Å². The summed E-state index contributed by atoms with van der Waals surface area (Å²) in [7, 11) is 0. The van der Waals surface area contributed by atoms with Gasteiger partial charge in [-0.3, -0.25) is 0 Å². The van der Waals surface area contributed by atoms with Crippen LogP contribution in [-0.2, 0) is 12.8 Å². The van der Waals surface area contributed by atoms with Crippen LogP contribution >= 0.6 is 11.3 Å². The smallest absolute Gasteiger partial charge is 0.118 e. The summed E-state index contributed by atoms with van der Waals surface area (Å²) in [6.07, 6.45) is 7.92.